The van der Waals surface area contributed by atoms with Crippen molar-refractivity contribution in [2.75, 3.05) is 13.2 Å². The molecule has 3 heterocycles. The summed E-state index contributed by atoms with van der Waals surface area (Å²) in [6.07, 6.45) is -1.45. The number of carbonyl (C=O) groups is 1. The lowest BCUT2D eigenvalue weighted by atomic mass is 9.97. The molecule has 0 saturated heterocycles. The Balaban J connectivity index is 1.93. The van der Waals surface area contributed by atoms with Gasteiger partial charge in [0.25, 0.3) is 5.92 Å². The van der Waals surface area contributed by atoms with Gasteiger partial charge in [0.15, 0.2) is 5.67 Å². The largest absolute Gasteiger partial charge is 0.444 e. The molecule has 1 N–H and O–H groups in total. The van der Waals surface area contributed by atoms with Crippen molar-refractivity contribution in [3.05, 3.63) is 17.0 Å². The van der Waals surface area contributed by atoms with Crippen molar-refractivity contribution < 1.29 is 27.8 Å². The summed E-state index contributed by atoms with van der Waals surface area (Å²) < 4.78 is 50.3. The van der Waals surface area contributed by atoms with E-state index in [1.807, 2.05) is 0 Å². The van der Waals surface area contributed by atoms with E-state index in [4.69, 9.17) is 4.74 Å². The molecule has 3 rings (SSSR count). The number of hydrogen-bond donors (Lipinski definition) is 1. The van der Waals surface area contributed by atoms with Crippen molar-refractivity contribution in [1.29, 1.82) is 0 Å². The number of aliphatic hydroxyl groups excluding tert-OH is 1. The topological polar surface area (TPSA) is 67.6 Å². The highest BCUT2D eigenvalue weighted by Crippen LogP contribution is 2.43. The molecule has 0 radical (unpaired) electrons. The lowest BCUT2D eigenvalue weighted by Gasteiger charge is -2.30. The van der Waals surface area contributed by atoms with E-state index in [9.17, 15) is 23.1 Å². The SMILES string of the molecule is CC(C)(C)OC(=O)N1CCc2nn3c(c2C1)C(F)(F)CCC(F)(CO)C3. The number of rotatable bonds is 1. The Morgan fingerprint density at radius 1 is 1.31 bits per heavy atom. The van der Waals surface area contributed by atoms with Crippen LogP contribution in [-0.4, -0.2) is 50.3 Å². The van der Waals surface area contributed by atoms with Gasteiger partial charge in [0.2, 0.25) is 0 Å². The fraction of sp³-hybridized carbons (Fsp3) is 0.765. The van der Waals surface area contributed by atoms with Gasteiger partial charge in [-0.15, -0.1) is 0 Å². The van der Waals surface area contributed by atoms with Gasteiger partial charge in [-0.1, -0.05) is 0 Å². The number of fused-ring (bicyclic) bond motifs is 3. The summed E-state index contributed by atoms with van der Waals surface area (Å²) in [5, 5.41) is 13.4. The maximum absolute atomic E-state index is 14.7. The lowest BCUT2D eigenvalue weighted by Crippen LogP contribution is -2.40. The monoisotopic (exact) mass is 375 g/mol. The number of carbonyl (C=O) groups excluding carboxylic acids is 1. The number of alkyl halides is 3. The number of aliphatic hydroxyl groups is 1. The van der Waals surface area contributed by atoms with Gasteiger partial charge in [0.05, 0.1) is 25.4 Å². The van der Waals surface area contributed by atoms with Crippen LogP contribution in [0, 0.1) is 0 Å². The molecule has 0 aliphatic carbocycles. The summed E-state index contributed by atoms with van der Waals surface area (Å²) >= 11 is 0. The minimum atomic E-state index is -3.28. The van der Waals surface area contributed by atoms with Crippen molar-refractivity contribution in [2.24, 2.45) is 0 Å². The second kappa shape index (κ2) is 6.14. The molecule has 146 valence electrons. The van der Waals surface area contributed by atoms with Crippen molar-refractivity contribution in [3.8, 4) is 0 Å². The highest BCUT2D eigenvalue weighted by Gasteiger charge is 2.48. The van der Waals surface area contributed by atoms with Gasteiger partial charge >= 0.3 is 6.09 Å². The van der Waals surface area contributed by atoms with E-state index in [2.05, 4.69) is 5.10 Å². The van der Waals surface area contributed by atoms with Gasteiger partial charge in [-0.2, -0.15) is 13.9 Å². The van der Waals surface area contributed by atoms with E-state index < -0.39 is 49.3 Å². The molecule has 0 fully saturated rings. The zero-order valence-electron chi connectivity index (χ0n) is 15.2. The highest BCUT2D eigenvalue weighted by atomic mass is 19.3. The zero-order chi connectivity index (χ0) is 19.3. The molecule has 1 unspecified atom stereocenters. The van der Waals surface area contributed by atoms with Crippen LogP contribution >= 0.6 is 0 Å². The lowest BCUT2D eigenvalue weighted by molar-refractivity contribution is -0.0328. The van der Waals surface area contributed by atoms with Crippen molar-refractivity contribution in [2.45, 2.75) is 70.3 Å². The minimum Gasteiger partial charge on any atom is -0.444 e. The van der Waals surface area contributed by atoms with E-state index >= 15 is 0 Å². The van der Waals surface area contributed by atoms with Gasteiger partial charge < -0.3 is 14.7 Å². The van der Waals surface area contributed by atoms with Crippen LogP contribution in [0.4, 0.5) is 18.0 Å². The van der Waals surface area contributed by atoms with E-state index in [-0.39, 0.29) is 17.8 Å². The molecular weight excluding hydrogens is 351 g/mol. The Labute approximate surface area is 149 Å². The second-order valence-corrected chi connectivity index (χ2v) is 8.10. The molecular formula is C17H24F3N3O3. The molecule has 1 atom stereocenters. The Hall–Kier alpha value is -1.77. The Morgan fingerprint density at radius 3 is 2.62 bits per heavy atom. The average molecular weight is 375 g/mol. The van der Waals surface area contributed by atoms with E-state index in [0.717, 1.165) is 4.68 Å². The third-order valence-corrected chi connectivity index (χ3v) is 4.70. The fourth-order valence-corrected chi connectivity index (χ4v) is 3.41. The number of hydrogen-bond acceptors (Lipinski definition) is 4. The number of halogens is 3. The van der Waals surface area contributed by atoms with Crippen LogP contribution in [0.2, 0.25) is 0 Å². The summed E-state index contributed by atoms with van der Waals surface area (Å²) in [5.41, 5.74) is -2.47. The van der Waals surface area contributed by atoms with Gasteiger partial charge in [-0.05, 0) is 27.2 Å². The second-order valence-electron chi connectivity index (χ2n) is 8.10. The van der Waals surface area contributed by atoms with Gasteiger partial charge in [-0.3, -0.25) is 4.68 Å². The summed E-state index contributed by atoms with van der Waals surface area (Å²) in [6, 6.07) is 0. The Morgan fingerprint density at radius 2 is 2.00 bits per heavy atom. The normalized spacial score (nSPS) is 25.3. The first-order valence-electron chi connectivity index (χ1n) is 8.69. The van der Waals surface area contributed by atoms with Crippen LogP contribution in [0.5, 0.6) is 0 Å². The number of amides is 1. The predicted molar refractivity (Wildman–Crippen MR) is 86.6 cm³/mol. The molecule has 0 aromatic carbocycles. The molecule has 2 aliphatic rings. The molecule has 1 amide bonds. The molecule has 1 aromatic rings. The van der Waals surface area contributed by atoms with Crippen molar-refractivity contribution >= 4 is 6.09 Å². The van der Waals surface area contributed by atoms with E-state index in [1.54, 1.807) is 20.8 Å². The molecule has 1 aromatic heterocycles. The summed E-state index contributed by atoms with van der Waals surface area (Å²) in [6.45, 7) is 4.19. The quantitative estimate of drug-likeness (QED) is 0.820. The van der Waals surface area contributed by atoms with E-state index in [0.29, 0.717) is 18.7 Å². The first-order chi connectivity index (χ1) is 11.9. The van der Waals surface area contributed by atoms with Crippen LogP contribution in [0.25, 0.3) is 0 Å². The highest BCUT2D eigenvalue weighted by molar-refractivity contribution is 5.68. The van der Waals surface area contributed by atoms with Crippen LogP contribution in [-0.2, 0) is 30.2 Å². The minimum absolute atomic E-state index is 0.0480. The first kappa shape index (κ1) is 19.0. The standard InChI is InChI=1S/C17H24F3N3O3/c1-15(2,3)26-14(25)22-7-4-12-11(8-22)13-17(19,20)6-5-16(18,10-24)9-23(13)21-12/h24H,4-10H2,1-3H3. The molecule has 9 heteroatoms. The molecule has 0 spiro atoms. The predicted octanol–water partition coefficient (Wildman–Crippen LogP) is 2.76. The third kappa shape index (κ3) is 3.54. The molecule has 0 bridgehead atoms. The van der Waals surface area contributed by atoms with Crippen LogP contribution in [0.1, 0.15) is 50.6 Å². The van der Waals surface area contributed by atoms with Gasteiger partial charge in [0, 0.05) is 24.9 Å². The molecule has 2 aliphatic heterocycles. The molecule has 0 saturated carbocycles. The van der Waals surface area contributed by atoms with Gasteiger partial charge in [-0.25, -0.2) is 9.18 Å². The maximum atomic E-state index is 14.7. The molecule has 6 nitrogen and oxygen atoms in total. The average Bonchev–Trinajstić information content (AvgIpc) is 2.84. The van der Waals surface area contributed by atoms with E-state index in [1.165, 1.54) is 4.90 Å². The first-order valence-corrected chi connectivity index (χ1v) is 8.69. The summed E-state index contributed by atoms with van der Waals surface area (Å²) in [5.74, 6) is -3.28. The molecule has 26 heavy (non-hydrogen) atoms. The summed E-state index contributed by atoms with van der Waals surface area (Å²) in [4.78, 5) is 13.7. The number of ether oxygens (including phenoxy) is 1. The van der Waals surface area contributed by atoms with Crippen molar-refractivity contribution in [3.63, 3.8) is 0 Å². The Bertz CT molecular complexity index is 714. The van der Waals surface area contributed by atoms with Gasteiger partial charge in [0.1, 0.15) is 11.3 Å². The third-order valence-electron chi connectivity index (χ3n) is 4.70. The maximum Gasteiger partial charge on any atom is 0.410 e. The van der Waals surface area contributed by atoms with Crippen LogP contribution in [0.15, 0.2) is 0 Å². The zero-order valence-corrected chi connectivity index (χ0v) is 15.2. The fourth-order valence-electron chi connectivity index (χ4n) is 3.41. The summed E-state index contributed by atoms with van der Waals surface area (Å²) in [7, 11) is 0. The Kier molecular flexibility index (Phi) is 4.49. The smallest absolute Gasteiger partial charge is 0.410 e. The van der Waals surface area contributed by atoms with Crippen molar-refractivity contribution in [1.82, 2.24) is 14.7 Å². The van der Waals surface area contributed by atoms with Crippen LogP contribution < -0.4 is 0 Å². The number of nitrogens with zero attached hydrogens (tertiary/aromatic N) is 3. The number of aromatic nitrogens is 2. The van der Waals surface area contributed by atoms with Crippen LogP contribution in [0.3, 0.4) is 0 Å².